The van der Waals surface area contributed by atoms with Crippen LogP contribution in [0, 0.1) is 0 Å². The molecule has 1 aliphatic rings. The van der Waals surface area contributed by atoms with Gasteiger partial charge in [-0.25, -0.2) is 0 Å². The summed E-state index contributed by atoms with van der Waals surface area (Å²) in [6.07, 6.45) is 6.41. The second kappa shape index (κ2) is 6.24. The van der Waals surface area contributed by atoms with Crippen LogP contribution in [0.5, 0.6) is 0 Å². The Bertz CT molecular complexity index is 352. The van der Waals surface area contributed by atoms with E-state index in [0.29, 0.717) is 6.04 Å². The molecular formula is C16H25NO. The van der Waals surface area contributed by atoms with Gasteiger partial charge < -0.3 is 10.0 Å². The Morgan fingerprint density at radius 2 is 1.78 bits per heavy atom. The maximum Gasteiger partial charge on any atom is 0.0761 e. The Hall–Kier alpha value is -1.02. The highest BCUT2D eigenvalue weighted by molar-refractivity contribution is 5.48. The Balaban J connectivity index is 2.11. The minimum absolute atomic E-state index is 0.371. The quantitative estimate of drug-likeness (QED) is 0.872. The van der Waals surface area contributed by atoms with E-state index >= 15 is 0 Å². The van der Waals surface area contributed by atoms with Crippen LogP contribution in [0.2, 0.25) is 0 Å². The van der Waals surface area contributed by atoms with E-state index in [0.717, 1.165) is 12.1 Å². The Morgan fingerprint density at radius 3 is 2.28 bits per heavy atom. The molecule has 0 spiro atoms. The Morgan fingerprint density at radius 1 is 1.17 bits per heavy atom. The summed E-state index contributed by atoms with van der Waals surface area (Å²) in [6, 6.07) is 9.11. The molecule has 1 atom stereocenters. The first-order valence-electron chi connectivity index (χ1n) is 7.27. The molecule has 2 heteroatoms. The van der Waals surface area contributed by atoms with Crippen LogP contribution in [0.3, 0.4) is 0 Å². The van der Waals surface area contributed by atoms with Gasteiger partial charge in [0.1, 0.15) is 0 Å². The van der Waals surface area contributed by atoms with Crippen LogP contribution in [-0.4, -0.2) is 17.7 Å². The SMILES string of the molecule is CCN(c1ccc([C@H](C)O)cc1)C1CCCCC1. The van der Waals surface area contributed by atoms with Gasteiger partial charge in [0.2, 0.25) is 0 Å². The van der Waals surface area contributed by atoms with Gasteiger partial charge in [-0.3, -0.25) is 0 Å². The molecule has 1 N–H and O–H groups in total. The highest BCUT2D eigenvalue weighted by Gasteiger charge is 2.20. The van der Waals surface area contributed by atoms with Gasteiger partial charge in [0.25, 0.3) is 0 Å². The lowest BCUT2D eigenvalue weighted by Crippen LogP contribution is -2.36. The molecule has 0 bridgehead atoms. The summed E-state index contributed by atoms with van der Waals surface area (Å²) in [4.78, 5) is 2.52. The second-order valence-corrected chi connectivity index (χ2v) is 5.35. The molecule has 0 amide bonds. The van der Waals surface area contributed by atoms with Crippen molar-refractivity contribution >= 4 is 5.69 Å². The van der Waals surface area contributed by atoms with Crippen molar-refractivity contribution in [3.8, 4) is 0 Å². The molecule has 18 heavy (non-hydrogen) atoms. The van der Waals surface area contributed by atoms with Gasteiger partial charge in [-0.05, 0) is 44.4 Å². The Labute approximate surface area is 111 Å². The van der Waals surface area contributed by atoms with E-state index in [1.165, 1.54) is 37.8 Å². The Kier molecular flexibility index (Phi) is 4.65. The fourth-order valence-electron chi connectivity index (χ4n) is 2.99. The first-order valence-corrected chi connectivity index (χ1v) is 7.27. The molecule has 0 saturated heterocycles. The van der Waals surface area contributed by atoms with Crippen molar-refractivity contribution < 1.29 is 5.11 Å². The zero-order chi connectivity index (χ0) is 13.0. The normalized spacial score (nSPS) is 18.6. The van der Waals surface area contributed by atoms with Crippen LogP contribution >= 0.6 is 0 Å². The number of anilines is 1. The van der Waals surface area contributed by atoms with Gasteiger partial charge in [0.05, 0.1) is 6.10 Å². The summed E-state index contributed by atoms with van der Waals surface area (Å²) in [6.45, 7) is 5.11. The summed E-state index contributed by atoms with van der Waals surface area (Å²) in [5.74, 6) is 0. The predicted molar refractivity (Wildman–Crippen MR) is 77.0 cm³/mol. The van der Waals surface area contributed by atoms with Gasteiger partial charge in [-0.15, -0.1) is 0 Å². The molecule has 0 heterocycles. The molecular weight excluding hydrogens is 222 g/mol. The molecule has 1 aromatic carbocycles. The van der Waals surface area contributed by atoms with E-state index in [1.807, 2.05) is 19.1 Å². The van der Waals surface area contributed by atoms with Gasteiger partial charge in [0.15, 0.2) is 0 Å². The molecule has 1 aliphatic carbocycles. The van der Waals surface area contributed by atoms with Crippen LogP contribution in [0.1, 0.15) is 57.6 Å². The number of benzene rings is 1. The van der Waals surface area contributed by atoms with Crippen molar-refractivity contribution in [2.45, 2.75) is 58.1 Å². The van der Waals surface area contributed by atoms with E-state index in [4.69, 9.17) is 0 Å². The molecule has 0 aromatic heterocycles. The largest absolute Gasteiger partial charge is 0.389 e. The fraction of sp³-hybridized carbons (Fsp3) is 0.625. The van der Waals surface area contributed by atoms with Crippen LogP contribution in [0.25, 0.3) is 0 Å². The van der Waals surface area contributed by atoms with E-state index < -0.39 is 0 Å². The van der Waals surface area contributed by atoms with E-state index in [9.17, 15) is 5.11 Å². The lowest BCUT2D eigenvalue weighted by atomic mass is 9.93. The van der Waals surface area contributed by atoms with Crippen molar-refractivity contribution in [2.24, 2.45) is 0 Å². The standard InChI is InChI=1S/C16H25NO/c1-3-17(15-7-5-4-6-8-15)16-11-9-14(10-12-16)13(2)18/h9-13,15,18H,3-8H2,1-2H3/t13-/m0/s1. The highest BCUT2D eigenvalue weighted by atomic mass is 16.3. The average molecular weight is 247 g/mol. The fourth-order valence-corrected chi connectivity index (χ4v) is 2.99. The number of aliphatic hydroxyl groups is 1. The van der Waals surface area contributed by atoms with Gasteiger partial charge in [-0.1, -0.05) is 31.4 Å². The summed E-state index contributed by atoms with van der Waals surface area (Å²) in [7, 11) is 0. The average Bonchev–Trinajstić information content (AvgIpc) is 2.41. The minimum Gasteiger partial charge on any atom is -0.389 e. The number of hydrogen-bond acceptors (Lipinski definition) is 2. The molecule has 0 radical (unpaired) electrons. The summed E-state index contributed by atoms with van der Waals surface area (Å²) >= 11 is 0. The van der Waals surface area contributed by atoms with Crippen molar-refractivity contribution in [1.82, 2.24) is 0 Å². The first-order chi connectivity index (χ1) is 8.72. The molecule has 100 valence electrons. The van der Waals surface area contributed by atoms with E-state index in [-0.39, 0.29) is 6.10 Å². The van der Waals surface area contributed by atoms with Crippen LogP contribution in [-0.2, 0) is 0 Å². The van der Waals surface area contributed by atoms with Crippen LogP contribution in [0.4, 0.5) is 5.69 Å². The second-order valence-electron chi connectivity index (χ2n) is 5.35. The number of rotatable bonds is 4. The third-order valence-corrected chi connectivity index (χ3v) is 4.06. The van der Waals surface area contributed by atoms with Gasteiger partial charge in [0, 0.05) is 18.3 Å². The van der Waals surface area contributed by atoms with Crippen molar-refractivity contribution in [3.05, 3.63) is 29.8 Å². The van der Waals surface area contributed by atoms with Crippen LogP contribution in [0.15, 0.2) is 24.3 Å². The molecule has 1 aromatic rings. The van der Waals surface area contributed by atoms with E-state index in [2.05, 4.69) is 24.0 Å². The van der Waals surface area contributed by atoms with Gasteiger partial charge in [-0.2, -0.15) is 0 Å². The number of hydrogen-bond donors (Lipinski definition) is 1. The summed E-state index contributed by atoms with van der Waals surface area (Å²) < 4.78 is 0. The third-order valence-electron chi connectivity index (χ3n) is 4.06. The maximum absolute atomic E-state index is 9.55. The summed E-state index contributed by atoms with van der Waals surface area (Å²) in [5.41, 5.74) is 2.30. The zero-order valence-corrected chi connectivity index (χ0v) is 11.6. The predicted octanol–water partition coefficient (Wildman–Crippen LogP) is 3.90. The molecule has 2 rings (SSSR count). The molecule has 0 aliphatic heterocycles. The smallest absolute Gasteiger partial charge is 0.0761 e. The lowest BCUT2D eigenvalue weighted by Gasteiger charge is -2.35. The monoisotopic (exact) mass is 247 g/mol. The maximum atomic E-state index is 9.55. The van der Waals surface area contributed by atoms with Crippen molar-refractivity contribution in [2.75, 3.05) is 11.4 Å². The lowest BCUT2D eigenvalue weighted by molar-refractivity contribution is 0.199. The van der Waals surface area contributed by atoms with Crippen LogP contribution < -0.4 is 4.90 Å². The third kappa shape index (κ3) is 3.05. The van der Waals surface area contributed by atoms with Crippen molar-refractivity contribution in [1.29, 1.82) is 0 Å². The van der Waals surface area contributed by atoms with Gasteiger partial charge >= 0.3 is 0 Å². The number of aliphatic hydroxyl groups excluding tert-OH is 1. The molecule has 2 nitrogen and oxygen atoms in total. The highest BCUT2D eigenvalue weighted by Crippen LogP contribution is 2.28. The molecule has 1 saturated carbocycles. The van der Waals surface area contributed by atoms with Crippen molar-refractivity contribution in [3.63, 3.8) is 0 Å². The zero-order valence-electron chi connectivity index (χ0n) is 11.6. The number of nitrogens with zero attached hydrogens (tertiary/aromatic N) is 1. The first kappa shape index (κ1) is 13.4. The molecule has 0 unspecified atom stereocenters. The molecule has 1 fully saturated rings. The minimum atomic E-state index is -0.371. The topological polar surface area (TPSA) is 23.5 Å². The summed E-state index contributed by atoms with van der Waals surface area (Å²) in [5, 5.41) is 9.55. The van der Waals surface area contributed by atoms with E-state index in [1.54, 1.807) is 0 Å².